The zero-order chi connectivity index (χ0) is 13.1. The van der Waals surface area contributed by atoms with Crippen LogP contribution >= 0.6 is 0 Å². The molecule has 1 atom stereocenters. The van der Waals surface area contributed by atoms with Crippen LogP contribution in [0.1, 0.15) is 38.5 Å². The van der Waals surface area contributed by atoms with Gasteiger partial charge < -0.3 is 19.2 Å². The van der Waals surface area contributed by atoms with Crippen molar-refractivity contribution in [1.29, 1.82) is 0 Å². The van der Waals surface area contributed by atoms with E-state index in [1.807, 2.05) is 6.92 Å². The Balaban J connectivity index is 1.61. The van der Waals surface area contributed by atoms with Gasteiger partial charge in [0.1, 0.15) is 0 Å². The van der Waals surface area contributed by atoms with Crippen LogP contribution < -0.4 is 5.32 Å². The zero-order valence-corrected chi connectivity index (χ0v) is 11.4. The number of aromatic nitrogens is 2. The molecule has 0 radical (unpaired) electrons. The Morgan fingerprint density at radius 3 is 2.84 bits per heavy atom. The molecule has 1 aromatic heterocycles. The Labute approximate surface area is 112 Å². The molecule has 19 heavy (non-hydrogen) atoms. The number of nitrogens with one attached hydrogen (secondary N) is 1. The summed E-state index contributed by atoms with van der Waals surface area (Å²) in [4.78, 5) is 0. The lowest BCUT2D eigenvalue weighted by Gasteiger charge is -2.43. The Hall–Kier alpha value is -1.14. The van der Waals surface area contributed by atoms with Gasteiger partial charge in [0.2, 0.25) is 5.89 Å². The van der Waals surface area contributed by atoms with Gasteiger partial charge in [0, 0.05) is 32.3 Å². The molecular formula is C13H21N3O3. The number of anilines is 1. The first-order chi connectivity index (χ1) is 9.30. The third-order valence-electron chi connectivity index (χ3n) is 3.99. The normalized spacial score (nSPS) is 26.5. The summed E-state index contributed by atoms with van der Waals surface area (Å²) in [6.45, 7) is 4.38. The van der Waals surface area contributed by atoms with E-state index in [1.54, 1.807) is 0 Å². The fraction of sp³-hybridized carbons (Fsp3) is 0.846. The molecule has 6 heteroatoms. The van der Waals surface area contributed by atoms with Gasteiger partial charge in [-0.2, -0.15) is 0 Å². The van der Waals surface area contributed by atoms with Crippen LogP contribution in [0, 0.1) is 0 Å². The molecule has 2 aliphatic rings. The Morgan fingerprint density at radius 1 is 1.26 bits per heavy atom. The highest BCUT2D eigenvalue weighted by molar-refractivity contribution is 5.20. The van der Waals surface area contributed by atoms with E-state index in [0.29, 0.717) is 17.9 Å². The van der Waals surface area contributed by atoms with Gasteiger partial charge in [-0.15, -0.1) is 5.10 Å². The van der Waals surface area contributed by atoms with Crippen LogP contribution in [0.3, 0.4) is 0 Å². The summed E-state index contributed by atoms with van der Waals surface area (Å²) in [5.74, 6) is 0.676. The number of ether oxygens (including phenoxy) is 2. The predicted octanol–water partition coefficient (Wildman–Crippen LogP) is 1.77. The molecular weight excluding hydrogens is 246 g/mol. The van der Waals surface area contributed by atoms with E-state index in [4.69, 9.17) is 13.9 Å². The highest BCUT2D eigenvalue weighted by Gasteiger charge is 2.39. The molecule has 0 bridgehead atoms. The maximum atomic E-state index is 6.01. The average Bonchev–Trinajstić information content (AvgIpc) is 2.87. The van der Waals surface area contributed by atoms with Crippen LogP contribution in [0.4, 0.5) is 6.01 Å². The zero-order valence-electron chi connectivity index (χ0n) is 11.4. The summed E-state index contributed by atoms with van der Waals surface area (Å²) >= 11 is 0. The predicted molar refractivity (Wildman–Crippen MR) is 69.1 cm³/mol. The monoisotopic (exact) mass is 267 g/mol. The summed E-state index contributed by atoms with van der Waals surface area (Å²) in [5.41, 5.74) is -0.0121. The van der Waals surface area contributed by atoms with Gasteiger partial charge in [-0.25, -0.2) is 0 Å². The van der Waals surface area contributed by atoms with Crippen LogP contribution in [0.15, 0.2) is 4.42 Å². The van der Waals surface area contributed by atoms with Gasteiger partial charge in [0.15, 0.2) is 0 Å². The second-order valence-corrected chi connectivity index (χ2v) is 5.33. The minimum absolute atomic E-state index is 0.0121. The molecule has 6 nitrogen and oxygen atoms in total. The fourth-order valence-electron chi connectivity index (χ4n) is 2.87. The van der Waals surface area contributed by atoms with Crippen LogP contribution in [-0.2, 0) is 15.9 Å². The molecule has 1 N–H and O–H groups in total. The number of hydrogen-bond acceptors (Lipinski definition) is 6. The van der Waals surface area contributed by atoms with E-state index in [-0.39, 0.29) is 5.60 Å². The smallest absolute Gasteiger partial charge is 0.315 e. The van der Waals surface area contributed by atoms with Crippen molar-refractivity contribution in [1.82, 2.24) is 10.2 Å². The Kier molecular flexibility index (Phi) is 3.70. The van der Waals surface area contributed by atoms with Crippen molar-refractivity contribution in [2.45, 2.75) is 50.7 Å². The summed E-state index contributed by atoms with van der Waals surface area (Å²) < 4.78 is 17.0. The van der Waals surface area contributed by atoms with Crippen LogP contribution in [0.25, 0.3) is 0 Å². The molecule has 3 heterocycles. The Morgan fingerprint density at radius 2 is 2.11 bits per heavy atom. The second kappa shape index (κ2) is 5.46. The summed E-state index contributed by atoms with van der Waals surface area (Å²) in [6.07, 6.45) is 4.70. The molecule has 0 amide bonds. The average molecular weight is 267 g/mol. The summed E-state index contributed by atoms with van der Waals surface area (Å²) in [7, 11) is 0. The number of rotatable bonds is 3. The molecule has 0 aliphatic carbocycles. The van der Waals surface area contributed by atoms with Crippen molar-refractivity contribution < 1.29 is 13.9 Å². The molecule has 3 rings (SSSR count). The number of aryl methyl sites for hydroxylation is 1. The maximum absolute atomic E-state index is 6.01. The topological polar surface area (TPSA) is 69.4 Å². The third-order valence-corrected chi connectivity index (χ3v) is 3.99. The van der Waals surface area contributed by atoms with Crippen LogP contribution in [0.5, 0.6) is 0 Å². The summed E-state index contributed by atoms with van der Waals surface area (Å²) in [6, 6.07) is 0.878. The Bertz CT molecular complexity index is 410. The van der Waals surface area contributed by atoms with Crippen LogP contribution in [-0.4, -0.2) is 41.7 Å². The van der Waals surface area contributed by atoms with Crippen molar-refractivity contribution in [3.05, 3.63) is 5.89 Å². The molecule has 106 valence electrons. The van der Waals surface area contributed by atoms with Crippen molar-refractivity contribution in [2.75, 3.05) is 25.1 Å². The van der Waals surface area contributed by atoms with E-state index in [0.717, 1.165) is 51.9 Å². The number of nitrogens with zero attached hydrogens (tertiary/aromatic N) is 2. The first kappa shape index (κ1) is 12.9. The lowest BCUT2D eigenvalue weighted by molar-refractivity contribution is -0.135. The quantitative estimate of drug-likeness (QED) is 0.900. The SMILES string of the molecule is CCc1nnc(NC2CCOC3(CCOCC3)C2)o1. The van der Waals surface area contributed by atoms with Crippen LogP contribution in [0.2, 0.25) is 0 Å². The molecule has 2 saturated heterocycles. The van der Waals surface area contributed by atoms with Crippen molar-refractivity contribution in [2.24, 2.45) is 0 Å². The van der Waals surface area contributed by atoms with E-state index < -0.39 is 0 Å². The minimum atomic E-state index is -0.0121. The van der Waals surface area contributed by atoms with Gasteiger partial charge in [-0.1, -0.05) is 12.0 Å². The van der Waals surface area contributed by atoms with E-state index in [9.17, 15) is 0 Å². The first-order valence-corrected chi connectivity index (χ1v) is 7.10. The second-order valence-electron chi connectivity index (χ2n) is 5.33. The standard InChI is InChI=1S/C13H21N3O3/c1-2-11-15-16-12(19-11)14-10-3-6-18-13(9-10)4-7-17-8-5-13/h10H,2-9H2,1H3,(H,14,16). The lowest BCUT2D eigenvalue weighted by Crippen LogP contribution is -2.47. The highest BCUT2D eigenvalue weighted by Crippen LogP contribution is 2.35. The molecule has 0 aromatic carbocycles. The largest absolute Gasteiger partial charge is 0.408 e. The van der Waals surface area contributed by atoms with Gasteiger partial charge in [0.25, 0.3) is 0 Å². The molecule has 2 aliphatic heterocycles. The minimum Gasteiger partial charge on any atom is -0.408 e. The molecule has 1 aromatic rings. The highest BCUT2D eigenvalue weighted by atomic mass is 16.5. The van der Waals surface area contributed by atoms with Crippen molar-refractivity contribution in [3.8, 4) is 0 Å². The maximum Gasteiger partial charge on any atom is 0.315 e. The van der Waals surface area contributed by atoms with E-state index in [1.165, 1.54) is 0 Å². The van der Waals surface area contributed by atoms with E-state index in [2.05, 4.69) is 15.5 Å². The fourth-order valence-corrected chi connectivity index (χ4v) is 2.87. The number of hydrogen-bond donors (Lipinski definition) is 1. The molecule has 0 saturated carbocycles. The molecule has 1 spiro atoms. The summed E-state index contributed by atoms with van der Waals surface area (Å²) in [5, 5.41) is 11.3. The van der Waals surface area contributed by atoms with Crippen molar-refractivity contribution in [3.63, 3.8) is 0 Å². The van der Waals surface area contributed by atoms with Gasteiger partial charge in [0.05, 0.1) is 5.60 Å². The van der Waals surface area contributed by atoms with Gasteiger partial charge >= 0.3 is 6.01 Å². The van der Waals surface area contributed by atoms with Crippen molar-refractivity contribution >= 4 is 6.01 Å². The molecule has 1 unspecified atom stereocenters. The van der Waals surface area contributed by atoms with Gasteiger partial charge in [-0.3, -0.25) is 0 Å². The lowest BCUT2D eigenvalue weighted by atomic mass is 9.84. The van der Waals surface area contributed by atoms with E-state index >= 15 is 0 Å². The molecule has 2 fully saturated rings. The van der Waals surface area contributed by atoms with Gasteiger partial charge in [-0.05, 0) is 25.7 Å². The third kappa shape index (κ3) is 2.90. The first-order valence-electron chi connectivity index (χ1n) is 7.10.